The van der Waals surface area contributed by atoms with E-state index >= 15 is 0 Å². The highest BCUT2D eigenvalue weighted by Crippen LogP contribution is 2.36. The van der Waals surface area contributed by atoms with Crippen LogP contribution in [-0.2, 0) is 74.1 Å². The Kier molecular flexibility index (Phi) is 38.3. The molecule has 0 spiro atoms. The topological polar surface area (TPSA) is 380 Å². The normalized spacial score (nSPS) is 11.3. The van der Waals surface area contributed by atoms with Crippen LogP contribution in [0, 0.1) is 83.1 Å². The zero-order valence-corrected chi connectivity index (χ0v) is 87.8. The third-order valence-corrected chi connectivity index (χ3v) is 31.7. The molecule has 0 fully saturated rings. The molecule has 5 amide bonds. The molecule has 35 heteroatoms. The van der Waals surface area contributed by atoms with Crippen LogP contribution in [-0.4, -0.2) is 126 Å². The quantitative estimate of drug-likeness (QED) is 0.0252. The van der Waals surface area contributed by atoms with Crippen LogP contribution in [0.5, 0.6) is 5.75 Å². The number of carbonyl (C=O) groups is 5. The number of ether oxygens (including phenoxy) is 1. The van der Waals surface area contributed by atoms with Crippen molar-refractivity contribution in [2.45, 2.75) is 121 Å². The maximum Gasteiger partial charge on any atom is 0.265 e. The molecule has 1 unspecified atom stereocenters. The van der Waals surface area contributed by atoms with Crippen LogP contribution in [0.1, 0.15) is 73.8 Å². The summed E-state index contributed by atoms with van der Waals surface area (Å²) in [4.78, 5) is 76.6. The van der Waals surface area contributed by atoms with Crippen molar-refractivity contribution in [2.75, 3.05) is 81.4 Å². The summed E-state index contributed by atoms with van der Waals surface area (Å²) < 4.78 is 145. The highest BCUT2D eigenvalue weighted by molar-refractivity contribution is 7.94. The molecule has 3 heterocycles. The number of carbonyl (C=O) groups excluding carboxylic acids is 5. The average molecular weight is 2080 g/mol. The van der Waals surface area contributed by atoms with E-state index in [4.69, 9.17) is 16.3 Å². The fraction of sp³-hybridized carbons (Fsp3) is 0.171. The van der Waals surface area contributed by atoms with Crippen molar-refractivity contribution in [1.82, 2.24) is 15.0 Å². The Morgan fingerprint density at radius 3 is 0.979 bits per heavy atom. The number of rotatable bonds is 31. The summed E-state index contributed by atoms with van der Waals surface area (Å²) in [5.74, 6) is -1.65. The number of amides is 5. The Labute approximate surface area is 859 Å². The van der Waals surface area contributed by atoms with Crippen molar-refractivity contribution in [1.29, 1.82) is 0 Å². The molecule has 1 atom stereocenters. The molecule has 146 heavy (non-hydrogen) atoms. The number of hydrogen-bond donors (Lipinski definition) is 5. The fourth-order valence-electron chi connectivity index (χ4n) is 14.8. The number of nitrogens with one attached hydrogen (secondary N) is 5. The molecule has 756 valence electrons. The molecule has 0 radical (unpaired) electrons. The molecule has 12 aromatic carbocycles. The van der Waals surface area contributed by atoms with E-state index in [-0.39, 0.29) is 55.8 Å². The number of halogens is 1. The molecule has 0 aliphatic carbocycles. The number of pyridine rings is 3. The van der Waals surface area contributed by atoms with Gasteiger partial charge in [-0.05, 0) is 297 Å². The van der Waals surface area contributed by atoms with E-state index in [1.165, 1.54) is 94.8 Å². The smallest absolute Gasteiger partial charge is 0.265 e. The zero-order chi connectivity index (χ0) is 106. The Morgan fingerprint density at radius 2 is 0.630 bits per heavy atom. The number of methoxy groups -OCH3 is 1. The number of para-hydroxylation sites is 1. The number of hydrogen-bond acceptors (Lipinski definition) is 19. The van der Waals surface area contributed by atoms with E-state index in [0.717, 1.165) is 79.8 Å². The third kappa shape index (κ3) is 29.8. The van der Waals surface area contributed by atoms with Crippen LogP contribution < -0.4 is 52.8 Å². The summed E-state index contributed by atoms with van der Waals surface area (Å²) in [6.45, 7) is 22.4. The zero-order valence-electron chi connectivity index (χ0n) is 82.9. The van der Waals surface area contributed by atoms with E-state index in [9.17, 15) is 66.1 Å². The second-order valence-electron chi connectivity index (χ2n) is 34.1. The van der Waals surface area contributed by atoms with Gasteiger partial charge in [-0.1, -0.05) is 188 Å². The van der Waals surface area contributed by atoms with Gasteiger partial charge in [-0.2, -0.15) is 0 Å². The molecule has 3 aromatic heterocycles. The SMILES string of the molecule is COc1cccc(NC(=O)CN(c2cc(C)ccc2C)S(=O)(=O)c2ccccc2)c1.Cc1ccc(C)c(N(C(C)C(=O)Nc2cccnc2)S(=O)(=O)c2ccccc2)c1.Cc1ccc(C)c(N(CC(=O)Nc2ccc(C)nc2)S(=O)(=O)c2ccccc2)c1.Cc1ccc(C)c(N(CC(=O)Nc2ccccc2C)S(=O)(=O)c2ccccc2)c1.Cc1ccc(C)c(N(CC(=O)Nc2ccnc(Cl)c2)S(=O)(=O)c2ccccc2)c1. The van der Waals surface area contributed by atoms with E-state index in [2.05, 4.69) is 41.5 Å². The van der Waals surface area contributed by atoms with Crippen LogP contribution in [0.25, 0.3) is 0 Å². The van der Waals surface area contributed by atoms with Gasteiger partial charge >= 0.3 is 0 Å². The molecule has 29 nitrogen and oxygen atoms in total. The summed E-state index contributed by atoms with van der Waals surface area (Å²) in [6.07, 6.45) is 6.11. The van der Waals surface area contributed by atoms with Gasteiger partial charge in [0.05, 0.1) is 83.8 Å². The lowest BCUT2D eigenvalue weighted by Gasteiger charge is -2.31. The van der Waals surface area contributed by atoms with Crippen molar-refractivity contribution < 1.29 is 70.8 Å². The molecule has 0 aliphatic rings. The molecule has 0 bridgehead atoms. The summed E-state index contributed by atoms with van der Waals surface area (Å²) in [5, 5.41) is 13.9. The number of aryl methyl sites for hydroxylation is 12. The number of aromatic nitrogens is 3. The number of benzene rings is 12. The second-order valence-corrected chi connectivity index (χ2v) is 43.7. The van der Waals surface area contributed by atoms with E-state index in [1.807, 2.05) is 162 Å². The lowest BCUT2D eigenvalue weighted by atomic mass is 10.1. The Bertz CT molecular complexity index is 7740. The maximum atomic E-state index is 13.5. The van der Waals surface area contributed by atoms with E-state index in [0.29, 0.717) is 62.6 Å². The lowest BCUT2D eigenvalue weighted by molar-refractivity contribution is -0.117. The van der Waals surface area contributed by atoms with Crippen LogP contribution in [0.15, 0.2) is 377 Å². The fourth-order valence-corrected chi connectivity index (χ4v) is 22.6. The number of nitrogens with zero attached hydrogens (tertiary/aromatic N) is 8. The van der Waals surface area contributed by atoms with Gasteiger partial charge < -0.3 is 31.3 Å². The Morgan fingerprint density at radius 1 is 0.301 bits per heavy atom. The highest BCUT2D eigenvalue weighted by atomic mass is 35.5. The summed E-state index contributed by atoms with van der Waals surface area (Å²) in [7, 11) is -18.2. The standard InChI is InChI=1S/C23H24N2O4S.C23H24N2O3S.2C22H23N3O3S.C21H20ClN3O3S/c1-17-12-13-18(2)22(14-17)25(30(27,28)21-10-5-4-6-11-21)16-23(26)24-19-8-7-9-20(15-19)29-3;1-17-13-14-19(3)22(15-17)25(29(27,28)20-10-5-4-6-11-20)16-23(26)24-21-12-8-7-9-18(21)2;1-16-11-12-17(2)21(14-16)25(29(27,28)20-9-5-4-6-10-20)18(3)22(26)24-19-8-7-13-23-15-19;1-16-9-10-17(2)21(13-16)25(29(27,28)20-7-5-4-6-8-20)15-22(26)24-19-12-11-18(3)23-14-19;1-15-8-9-16(2)19(12-15)25(29(27,28)18-6-4-3-5-7-18)14-21(26)24-17-10-11-23-20(22)13-17/h4-15H,16H2,1-3H3,(H,24,26);4-15H,16H2,1-3H3,(H,24,26);4-15,18H,1-3H3,(H,24,26);4-14H,15H2,1-3H3,(H,24,26);3-13H,14H2,1-2H3,(H,23,24,26). The van der Waals surface area contributed by atoms with Crippen molar-refractivity contribution in [3.63, 3.8) is 0 Å². The van der Waals surface area contributed by atoms with Crippen molar-refractivity contribution >= 4 is 148 Å². The number of sulfonamides is 5. The average Bonchev–Trinajstić information content (AvgIpc) is 0.767. The minimum Gasteiger partial charge on any atom is -0.497 e. The van der Waals surface area contributed by atoms with E-state index < -0.39 is 85.7 Å². The van der Waals surface area contributed by atoms with Crippen LogP contribution >= 0.6 is 11.6 Å². The van der Waals surface area contributed by atoms with Gasteiger partial charge in [0.2, 0.25) is 29.5 Å². The molecular formula is C111H114ClN13O16S5. The molecule has 0 saturated carbocycles. The molecular weight excluding hydrogens is 1970 g/mol. The Hall–Kier alpha value is -15.7. The minimum absolute atomic E-state index is 0.112. The van der Waals surface area contributed by atoms with Gasteiger partial charge in [-0.15, -0.1) is 0 Å². The summed E-state index contributed by atoms with van der Waals surface area (Å²) >= 11 is 5.85. The first-order valence-electron chi connectivity index (χ1n) is 45.9. The predicted molar refractivity (Wildman–Crippen MR) is 579 cm³/mol. The predicted octanol–water partition coefficient (Wildman–Crippen LogP) is 20.5. The van der Waals surface area contributed by atoms with Gasteiger partial charge in [0.1, 0.15) is 43.1 Å². The maximum absolute atomic E-state index is 13.5. The van der Waals surface area contributed by atoms with Crippen molar-refractivity contribution in [3.05, 3.63) is 424 Å². The first kappa shape index (κ1) is 111. The second kappa shape index (κ2) is 50.5. The van der Waals surface area contributed by atoms with Crippen molar-refractivity contribution in [2.24, 2.45) is 0 Å². The van der Waals surface area contributed by atoms with Gasteiger partial charge in [0.15, 0.2) is 0 Å². The first-order valence-corrected chi connectivity index (χ1v) is 53.4. The molecule has 0 aliphatic heterocycles. The molecule has 15 rings (SSSR count). The van der Waals surface area contributed by atoms with Crippen molar-refractivity contribution in [3.8, 4) is 5.75 Å². The van der Waals surface area contributed by atoms with Crippen LogP contribution in [0.3, 0.4) is 0 Å². The molecule has 5 N–H and O–H groups in total. The summed E-state index contributed by atoms with van der Waals surface area (Å²) in [5.41, 5.74) is 15.1. The lowest BCUT2D eigenvalue weighted by Crippen LogP contribution is -2.46. The van der Waals surface area contributed by atoms with Crippen LogP contribution in [0.4, 0.5) is 56.9 Å². The summed E-state index contributed by atoms with van der Waals surface area (Å²) in [6, 6.07) is 91.5. The molecule has 15 aromatic rings. The van der Waals surface area contributed by atoms with Gasteiger partial charge in [-0.3, -0.25) is 55.5 Å². The third-order valence-electron chi connectivity index (χ3n) is 22.5. The monoisotopic (exact) mass is 2080 g/mol. The van der Waals surface area contributed by atoms with Gasteiger partial charge in [0, 0.05) is 41.2 Å². The van der Waals surface area contributed by atoms with E-state index in [1.54, 1.807) is 201 Å². The van der Waals surface area contributed by atoms with Crippen LogP contribution in [0.2, 0.25) is 5.15 Å². The van der Waals surface area contributed by atoms with Gasteiger partial charge in [-0.25, -0.2) is 47.1 Å². The highest BCUT2D eigenvalue weighted by Gasteiger charge is 2.37. The Balaban J connectivity index is 0.000000174. The number of anilines is 10. The first-order chi connectivity index (χ1) is 69.4. The minimum atomic E-state index is -3.97. The largest absolute Gasteiger partial charge is 0.497 e. The molecule has 0 saturated heterocycles. The van der Waals surface area contributed by atoms with Gasteiger partial charge in [0.25, 0.3) is 50.1 Å².